The van der Waals surface area contributed by atoms with Crippen molar-refractivity contribution in [3.63, 3.8) is 0 Å². The number of carbonyl (C=O) groups is 2. The van der Waals surface area contributed by atoms with E-state index in [4.69, 9.17) is 15.5 Å². The lowest BCUT2D eigenvalue weighted by Crippen LogP contribution is -2.51. The van der Waals surface area contributed by atoms with Gasteiger partial charge in [0, 0.05) is 29.6 Å². The molecule has 1 aliphatic rings. The highest BCUT2D eigenvalue weighted by atomic mass is 19.1. The number of rotatable bonds is 6. The molecular formula is C26H30FN5O3. The van der Waals surface area contributed by atoms with Crippen molar-refractivity contribution in [2.45, 2.75) is 38.8 Å². The van der Waals surface area contributed by atoms with Gasteiger partial charge in [0.05, 0.1) is 18.8 Å². The molecule has 2 heterocycles. The van der Waals surface area contributed by atoms with E-state index < -0.39 is 12.1 Å². The number of ether oxygens (including phenoxy) is 1. The van der Waals surface area contributed by atoms with Crippen LogP contribution in [0.15, 0.2) is 48.7 Å². The summed E-state index contributed by atoms with van der Waals surface area (Å²) in [6.07, 6.45) is 2.80. The van der Waals surface area contributed by atoms with E-state index in [1.54, 1.807) is 17.0 Å². The number of nitrogens with two attached hydrogens (primary N) is 1. The molecule has 1 aliphatic heterocycles. The molecule has 0 aliphatic carbocycles. The third kappa shape index (κ3) is 5.13. The topological polar surface area (TPSA) is 113 Å². The van der Waals surface area contributed by atoms with E-state index in [1.807, 2.05) is 44.3 Å². The van der Waals surface area contributed by atoms with Crippen molar-refractivity contribution < 1.29 is 18.7 Å². The second-order valence-electron chi connectivity index (χ2n) is 9.03. The van der Waals surface area contributed by atoms with Crippen molar-refractivity contribution in [1.82, 2.24) is 20.2 Å². The Morgan fingerprint density at radius 3 is 2.57 bits per heavy atom. The number of methoxy groups -OCH3 is 1. The highest BCUT2D eigenvalue weighted by molar-refractivity contribution is 5.86. The maximum Gasteiger partial charge on any atom is 0.407 e. The fourth-order valence-corrected chi connectivity index (χ4v) is 4.43. The van der Waals surface area contributed by atoms with E-state index in [9.17, 15) is 14.0 Å². The van der Waals surface area contributed by atoms with Crippen LogP contribution in [0.2, 0.25) is 0 Å². The van der Waals surface area contributed by atoms with Gasteiger partial charge in [0.2, 0.25) is 5.91 Å². The van der Waals surface area contributed by atoms with Gasteiger partial charge in [-0.15, -0.1) is 0 Å². The van der Waals surface area contributed by atoms with E-state index >= 15 is 0 Å². The smallest absolute Gasteiger partial charge is 0.407 e. The van der Waals surface area contributed by atoms with Gasteiger partial charge < -0.3 is 25.7 Å². The second kappa shape index (κ2) is 10.2. The number of hydrogen-bond donors (Lipinski definition) is 3. The van der Waals surface area contributed by atoms with Crippen molar-refractivity contribution in [3.05, 3.63) is 60.3 Å². The van der Waals surface area contributed by atoms with E-state index in [0.717, 1.165) is 29.7 Å². The highest BCUT2D eigenvalue weighted by Crippen LogP contribution is 2.33. The van der Waals surface area contributed by atoms with Gasteiger partial charge in [-0.1, -0.05) is 38.1 Å². The number of nitrogens with one attached hydrogen (secondary N) is 2. The molecule has 9 heteroatoms. The summed E-state index contributed by atoms with van der Waals surface area (Å²) in [5.74, 6) is 0.0763. The van der Waals surface area contributed by atoms with Crippen LogP contribution in [0.3, 0.4) is 0 Å². The quantitative estimate of drug-likeness (QED) is 0.450. The monoisotopic (exact) mass is 479 g/mol. The minimum absolute atomic E-state index is 0.0978. The zero-order valence-electron chi connectivity index (χ0n) is 20.0. The number of alkyl carbamates (subject to hydrolysis) is 1. The number of benzene rings is 2. The molecule has 184 valence electrons. The number of aromatic nitrogens is 2. The van der Waals surface area contributed by atoms with Gasteiger partial charge in [-0.3, -0.25) is 4.79 Å². The Hall–Kier alpha value is -3.88. The van der Waals surface area contributed by atoms with Gasteiger partial charge in [-0.25, -0.2) is 14.2 Å². The Morgan fingerprint density at radius 2 is 1.91 bits per heavy atom. The van der Waals surface area contributed by atoms with Gasteiger partial charge in [-0.2, -0.15) is 0 Å². The first kappa shape index (κ1) is 24.3. The molecule has 0 saturated carbocycles. The fraction of sp³-hybridized carbons (Fsp3) is 0.346. The Labute approximate surface area is 203 Å². The van der Waals surface area contributed by atoms with Crippen LogP contribution < -0.4 is 11.1 Å². The van der Waals surface area contributed by atoms with Gasteiger partial charge in [0.15, 0.2) is 0 Å². The molecule has 0 spiro atoms. The van der Waals surface area contributed by atoms with Crippen molar-refractivity contribution in [3.8, 4) is 22.4 Å². The molecule has 1 aromatic heterocycles. The average molecular weight is 480 g/mol. The van der Waals surface area contributed by atoms with Gasteiger partial charge >= 0.3 is 6.09 Å². The number of anilines is 1. The molecule has 8 nitrogen and oxygen atoms in total. The molecule has 0 unspecified atom stereocenters. The minimum atomic E-state index is -0.682. The van der Waals surface area contributed by atoms with Crippen molar-refractivity contribution >= 4 is 17.7 Å². The SMILES string of the molecule is COC(=O)N[C@H](C(=O)N1CCC[C@H]1c1nc(-c2ccc(-c3ccc(N)cc3F)cc2)c[nH]1)C(C)C. The number of nitrogens with zero attached hydrogens (tertiary/aromatic N) is 2. The first-order valence-electron chi connectivity index (χ1n) is 11.6. The van der Waals surface area contributed by atoms with E-state index in [-0.39, 0.29) is 23.7 Å². The summed E-state index contributed by atoms with van der Waals surface area (Å²) >= 11 is 0. The fourth-order valence-electron chi connectivity index (χ4n) is 4.43. The van der Waals surface area contributed by atoms with Crippen LogP contribution >= 0.6 is 0 Å². The lowest BCUT2D eigenvalue weighted by molar-refractivity contribution is -0.135. The highest BCUT2D eigenvalue weighted by Gasteiger charge is 2.37. The Bertz CT molecular complexity index is 1210. The van der Waals surface area contributed by atoms with Crippen LogP contribution in [0.1, 0.15) is 38.6 Å². The first-order valence-corrected chi connectivity index (χ1v) is 11.6. The number of hydrogen-bond acceptors (Lipinski definition) is 5. The van der Waals surface area contributed by atoms with Gasteiger partial charge in [-0.05, 0) is 42.5 Å². The second-order valence-corrected chi connectivity index (χ2v) is 9.03. The van der Waals surface area contributed by atoms with E-state index in [1.165, 1.54) is 13.2 Å². The summed E-state index contributed by atoms with van der Waals surface area (Å²) in [7, 11) is 1.28. The molecule has 1 fully saturated rings. The van der Waals surface area contributed by atoms with Gasteiger partial charge in [0.1, 0.15) is 17.7 Å². The predicted octanol–water partition coefficient (Wildman–Crippen LogP) is 4.51. The summed E-state index contributed by atoms with van der Waals surface area (Å²) in [5, 5.41) is 2.65. The number of imidazole rings is 1. The summed E-state index contributed by atoms with van der Waals surface area (Å²) in [4.78, 5) is 34.8. The molecule has 35 heavy (non-hydrogen) atoms. The molecule has 0 bridgehead atoms. The molecule has 3 aromatic rings. The summed E-state index contributed by atoms with van der Waals surface area (Å²) in [6.45, 7) is 4.36. The Morgan fingerprint density at radius 1 is 1.20 bits per heavy atom. The molecular weight excluding hydrogens is 449 g/mol. The number of likely N-dealkylation sites (tertiary alicyclic amines) is 1. The largest absolute Gasteiger partial charge is 0.453 e. The number of carbonyl (C=O) groups excluding carboxylic acids is 2. The normalized spacial score (nSPS) is 16.4. The number of nitrogen functional groups attached to an aromatic ring is 1. The van der Waals surface area contributed by atoms with Crippen LogP contribution in [-0.2, 0) is 9.53 Å². The summed E-state index contributed by atoms with van der Waals surface area (Å²) in [5.41, 5.74) is 8.86. The lowest BCUT2D eigenvalue weighted by atomic mass is 10.0. The Kier molecular flexibility index (Phi) is 7.04. The lowest BCUT2D eigenvalue weighted by Gasteiger charge is -2.29. The number of H-pyrrole nitrogens is 1. The number of halogens is 1. The maximum absolute atomic E-state index is 14.3. The number of aromatic amines is 1. The van der Waals surface area contributed by atoms with Crippen LogP contribution in [0.25, 0.3) is 22.4 Å². The van der Waals surface area contributed by atoms with E-state index in [0.29, 0.717) is 23.6 Å². The molecule has 2 atom stereocenters. The third-order valence-corrected chi connectivity index (χ3v) is 6.33. The maximum atomic E-state index is 14.3. The van der Waals surface area contributed by atoms with Crippen LogP contribution in [-0.4, -0.2) is 46.6 Å². The molecule has 2 amide bonds. The first-order chi connectivity index (χ1) is 16.8. The van der Waals surface area contributed by atoms with E-state index in [2.05, 4.69) is 10.3 Å². The number of amides is 2. The van der Waals surface area contributed by atoms with Crippen LogP contribution in [0, 0.1) is 11.7 Å². The summed E-state index contributed by atoms with van der Waals surface area (Å²) in [6, 6.07) is 11.2. The average Bonchev–Trinajstić information content (AvgIpc) is 3.52. The third-order valence-electron chi connectivity index (χ3n) is 6.33. The van der Waals surface area contributed by atoms with Crippen molar-refractivity contribution in [2.24, 2.45) is 5.92 Å². The molecule has 0 radical (unpaired) electrons. The zero-order valence-corrected chi connectivity index (χ0v) is 20.0. The summed E-state index contributed by atoms with van der Waals surface area (Å²) < 4.78 is 19.0. The van der Waals surface area contributed by atoms with Crippen molar-refractivity contribution in [2.75, 3.05) is 19.4 Å². The van der Waals surface area contributed by atoms with Crippen LogP contribution in [0.4, 0.5) is 14.9 Å². The standard InChI is InChI=1S/C26H30FN5O3/c1-15(2)23(31-26(34)35-3)25(33)32-12-4-5-22(32)24-29-14-21(30-24)17-8-6-16(7-9-17)19-11-10-18(28)13-20(19)27/h6-11,13-15,22-23H,4-5,12,28H2,1-3H3,(H,29,30)(H,31,34)/t22-,23-/m0/s1. The minimum Gasteiger partial charge on any atom is -0.453 e. The molecule has 4 N–H and O–H groups in total. The van der Waals surface area contributed by atoms with Gasteiger partial charge in [0.25, 0.3) is 0 Å². The van der Waals surface area contributed by atoms with Crippen molar-refractivity contribution in [1.29, 1.82) is 0 Å². The zero-order chi connectivity index (χ0) is 25.1. The van der Waals surface area contributed by atoms with Crippen LogP contribution in [0.5, 0.6) is 0 Å². The predicted molar refractivity (Wildman–Crippen MR) is 132 cm³/mol. The molecule has 1 saturated heterocycles. The molecule has 2 aromatic carbocycles. The Balaban J connectivity index is 1.52. The molecule has 4 rings (SSSR count).